The molecule has 1 aromatic heterocycles. The Balaban J connectivity index is 0.00000341. The number of fused-ring (bicyclic) bond motifs is 1. The number of anilines is 1. The van der Waals surface area contributed by atoms with Crippen molar-refractivity contribution in [2.75, 3.05) is 18.9 Å². The highest BCUT2D eigenvalue weighted by Gasteiger charge is 2.35. The van der Waals surface area contributed by atoms with Gasteiger partial charge in [-0.25, -0.2) is 0 Å². The SMILES string of the molecule is C/C=C(\C=NCC)c1ccc(NC(=O)Cc2cc(C)cc3c2C(=O)N(C)C3=O)nn1.[HH]. The Morgan fingerprint density at radius 2 is 2.00 bits per heavy atom. The largest absolute Gasteiger partial charge is 0.309 e. The lowest BCUT2D eigenvalue weighted by molar-refractivity contribution is -0.115. The zero-order chi connectivity index (χ0) is 21.8. The summed E-state index contributed by atoms with van der Waals surface area (Å²) in [4.78, 5) is 42.5. The van der Waals surface area contributed by atoms with Crippen LogP contribution in [0.5, 0.6) is 0 Å². The van der Waals surface area contributed by atoms with Crippen LogP contribution in [0.25, 0.3) is 5.57 Å². The molecule has 30 heavy (non-hydrogen) atoms. The molecule has 0 aliphatic carbocycles. The normalized spacial score (nSPS) is 13.9. The number of hydrogen-bond acceptors (Lipinski definition) is 6. The molecule has 156 valence electrons. The second-order valence-electron chi connectivity index (χ2n) is 6.92. The van der Waals surface area contributed by atoms with Crippen LogP contribution >= 0.6 is 0 Å². The second kappa shape index (κ2) is 8.77. The Morgan fingerprint density at radius 1 is 1.23 bits per heavy atom. The first kappa shape index (κ1) is 21.0. The first-order chi connectivity index (χ1) is 14.3. The van der Waals surface area contributed by atoms with Crippen molar-refractivity contribution < 1.29 is 15.8 Å². The number of carbonyl (C=O) groups is 3. The van der Waals surface area contributed by atoms with Crippen molar-refractivity contribution in [3.05, 3.63) is 58.3 Å². The van der Waals surface area contributed by atoms with Gasteiger partial charge >= 0.3 is 0 Å². The number of rotatable bonds is 6. The molecule has 2 heterocycles. The minimum Gasteiger partial charge on any atom is -0.309 e. The summed E-state index contributed by atoms with van der Waals surface area (Å²) in [5.41, 5.74) is 3.44. The number of aliphatic imine (C=N–C) groups is 1. The van der Waals surface area contributed by atoms with E-state index in [4.69, 9.17) is 0 Å². The number of carbonyl (C=O) groups excluding carboxylic acids is 3. The van der Waals surface area contributed by atoms with Crippen LogP contribution in [0.1, 0.15) is 52.8 Å². The summed E-state index contributed by atoms with van der Waals surface area (Å²) in [7, 11) is 1.44. The maximum absolute atomic E-state index is 12.6. The fraction of sp³-hybridized carbons (Fsp3) is 0.273. The predicted octanol–water partition coefficient (Wildman–Crippen LogP) is 2.93. The standard InChI is InChI=1S/C22H23N5O3.H2/c1-5-14(12-23-6-2)17-7-8-18(26-25-17)24-19(28)11-15-9-13(3)10-16-20(15)22(30)27(4)21(16)29;/h5,7-10,12H,6,11H2,1-4H3,(H,24,26,28);1H/b14-5+,23-12?;. The van der Waals surface area contributed by atoms with Gasteiger partial charge in [0.25, 0.3) is 11.8 Å². The van der Waals surface area contributed by atoms with Gasteiger partial charge in [-0.05, 0) is 50.1 Å². The predicted molar refractivity (Wildman–Crippen MR) is 117 cm³/mol. The van der Waals surface area contributed by atoms with Gasteiger partial charge in [-0.3, -0.25) is 24.3 Å². The Labute approximate surface area is 176 Å². The van der Waals surface area contributed by atoms with Crippen molar-refractivity contribution in [2.24, 2.45) is 4.99 Å². The lowest BCUT2D eigenvalue weighted by atomic mass is 9.97. The zero-order valence-corrected chi connectivity index (χ0v) is 17.4. The van der Waals surface area contributed by atoms with Gasteiger partial charge in [0.2, 0.25) is 5.91 Å². The average molecular weight is 407 g/mol. The van der Waals surface area contributed by atoms with E-state index in [0.717, 1.165) is 16.0 Å². The highest BCUT2D eigenvalue weighted by Crippen LogP contribution is 2.27. The van der Waals surface area contributed by atoms with Crippen LogP contribution in [0, 0.1) is 6.92 Å². The van der Waals surface area contributed by atoms with Gasteiger partial charge in [-0.15, -0.1) is 10.2 Å². The van der Waals surface area contributed by atoms with Crippen molar-refractivity contribution in [3.8, 4) is 0 Å². The van der Waals surface area contributed by atoms with Crippen molar-refractivity contribution in [1.29, 1.82) is 0 Å². The van der Waals surface area contributed by atoms with E-state index in [2.05, 4.69) is 20.5 Å². The molecule has 1 aliphatic rings. The molecule has 0 fully saturated rings. The van der Waals surface area contributed by atoms with Crippen molar-refractivity contribution in [2.45, 2.75) is 27.2 Å². The Bertz CT molecular complexity index is 1080. The summed E-state index contributed by atoms with van der Waals surface area (Å²) < 4.78 is 0. The van der Waals surface area contributed by atoms with E-state index in [9.17, 15) is 14.4 Å². The van der Waals surface area contributed by atoms with E-state index in [-0.39, 0.29) is 25.2 Å². The Kier molecular flexibility index (Phi) is 6.15. The lowest BCUT2D eigenvalue weighted by Gasteiger charge is -2.09. The molecule has 0 atom stereocenters. The molecule has 0 unspecified atom stereocenters. The van der Waals surface area contributed by atoms with E-state index in [0.29, 0.717) is 29.2 Å². The third-order valence-corrected chi connectivity index (χ3v) is 4.72. The van der Waals surface area contributed by atoms with Gasteiger partial charge in [0.1, 0.15) is 0 Å². The monoisotopic (exact) mass is 407 g/mol. The zero-order valence-electron chi connectivity index (χ0n) is 17.4. The highest BCUT2D eigenvalue weighted by atomic mass is 16.2. The summed E-state index contributed by atoms with van der Waals surface area (Å²) >= 11 is 0. The fourth-order valence-electron chi connectivity index (χ4n) is 3.25. The first-order valence-electron chi connectivity index (χ1n) is 9.61. The second-order valence-corrected chi connectivity index (χ2v) is 6.92. The van der Waals surface area contributed by atoms with Gasteiger partial charge in [-0.2, -0.15) is 0 Å². The highest BCUT2D eigenvalue weighted by molar-refractivity contribution is 6.22. The number of imide groups is 1. The van der Waals surface area contributed by atoms with E-state index >= 15 is 0 Å². The molecular weight excluding hydrogens is 382 g/mol. The number of aromatic nitrogens is 2. The molecule has 8 heteroatoms. The van der Waals surface area contributed by atoms with Crippen LogP contribution in [0.15, 0.2) is 35.3 Å². The molecule has 3 rings (SSSR count). The molecule has 8 nitrogen and oxygen atoms in total. The molecule has 0 bridgehead atoms. The van der Waals surface area contributed by atoms with Crippen LogP contribution in [-0.2, 0) is 11.2 Å². The molecule has 1 aliphatic heterocycles. The number of nitrogens with one attached hydrogen (secondary N) is 1. The van der Waals surface area contributed by atoms with E-state index in [1.807, 2.05) is 26.8 Å². The minimum atomic E-state index is -0.394. The molecule has 0 saturated carbocycles. The molecule has 1 aromatic carbocycles. The molecule has 0 saturated heterocycles. The summed E-state index contributed by atoms with van der Waals surface area (Å²) in [5, 5.41) is 10.9. The van der Waals surface area contributed by atoms with Crippen molar-refractivity contribution in [3.63, 3.8) is 0 Å². The van der Waals surface area contributed by atoms with Gasteiger partial charge in [0, 0.05) is 26.8 Å². The molecule has 1 N–H and O–H groups in total. The molecule has 2 aromatic rings. The quantitative estimate of drug-likeness (QED) is 0.586. The maximum Gasteiger partial charge on any atom is 0.261 e. The summed E-state index contributed by atoms with van der Waals surface area (Å²) in [6.07, 6.45) is 3.56. The smallest absolute Gasteiger partial charge is 0.261 e. The van der Waals surface area contributed by atoms with Gasteiger partial charge < -0.3 is 5.32 Å². The first-order valence-corrected chi connectivity index (χ1v) is 9.61. The number of benzene rings is 1. The van der Waals surface area contributed by atoms with Crippen LogP contribution < -0.4 is 5.32 Å². The number of amides is 3. The van der Waals surface area contributed by atoms with Crippen LogP contribution in [0.4, 0.5) is 5.82 Å². The van der Waals surface area contributed by atoms with E-state index in [1.165, 1.54) is 7.05 Å². The number of hydrogen-bond donors (Lipinski definition) is 1. The Morgan fingerprint density at radius 3 is 2.63 bits per heavy atom. The number of nitrogens with zero attached hydrogens (tertiary/aromatic N) is 4. The summed E-state index contributed by atoms with van der Waals surface area (Å²) in [6, 6.07) is 6.84. The minimum absolute atomic E-state index is 0. The summed E-state index contributed by atoms with van der Waals surface area (Å²) in [6.45, 7) is 6.32. The van der Waals surface area contributed by atoms with Crippen molar-refractivity contribution >= 4 is 35.3 Å². The number of allylic oxidation sites excluding steroid dienone is 2. The molecular formula is C22H25N5O3. The average Bonchev–Trinajstić information content (AvgIpc) is 2.93. The fourth-order valence-corrected chi connectivity index (χ4v) is 3.25. The molecule has 3 amide bonds. The van der Waals surface area contributed by atoms with Crippen LogP contribution in [0.3, 0.4) is 0 Å². The van der Waals surface area contributed by atoms with E-state index in [1.54, 1.807) is 30.5 Å². The molecule has 0 spiro atoms. The number of aryl methyl sites for hydroxylation is 1. The van der Waals surface area contributed by atoms with Gasteiger partial charge in [0.05, 0.1) is 23.2 Å². The third kappa shape index (κ3) is 4.17. The van der Waals surface area contributed by atoms with Gasteiger partial charge in [0.15, 0.2) is 5.82 Å². The van der Waals surface area contributed by atoms with Crippen LogP contribution in [0.2, 0.25) is 0 Å². The lowest BCUT2D eigenvalue weighted by Crippen LogP contribution is -2.25. The van der Waals surface area contributed by atoms with Crippen molar-refractivity contribution in [1.82, 2.24) is 15.1 Å². The Hall–Kier alpha value is -3.68. The maximum atomic E-state index is 12.6. The molecule has 0 radical (unpaired) electrons. The topological polar surface area (TPSA) is 105 Å². The third-order valence-electron chi connectivity index (χ3n) is 4.72. The van der Waals surface area contributed by atoms with E-state index < -0.39 is 5.91 Å². The summed E-state index contributed by atoms with van der Waals surface area (Å²) in [5.74, 6) is -0.795. The van der Waals surface area contributed by atoms with Gasteiger partial charge in [-0.1, -0.05) is 12.1 Å². The van der Waals surface area contributed by atoms with Crippen LogP contribution in [-0.4, -0.2) is 52.6 Å².